The van der Waals surface area contributed by atoms with Crippen LogP contribution >= 0.6 is 22.9 Å². The highest BCUT2D eigenvalue weighted by Gasteiger charge is 2.27. The van der Waals surface area contributed by atoms with Gasteiger partial charge in [-0.25, -0.2) is 44.6 Å². The van der Waals surface area contributed by atoms with Gasteiger partial charge in [-0.3, -0.25) is 19.3 Å². The lowest BCUT2D eigenvalue weighted by Crippen LogP contribution is -2.22. The molecule has 0 saturated carbocycles. The van der Waals surface area contributed by atoms with Crippen molar-refractivity contribution in [2.45, 2.75) is 401 Å². The molecule has 0 unspecified atom stereocenters. The highest BCUT2D eigenvalue weighted by atomic mass is 32.1. The van der Waals surface area contributed by atoms with Crippen LogP contribution in [0.2, 0.25) is 0 Å². The number of hydrogen-bond acceptors (Lipinski definition) is 23. The average Bonchev–Trinajstić information content (AvgIpc) is 1.64. The molecule has 0 bridgehead atoms. The van der Waals surface area contributed by atoms with Crippen molar-refractivity contribution in [3.8, 4) is 5.75 Å². The lowest BCUT2D eigenvalue weighted by atomic mass is 9.87. The Morgan fingerprint density at radius 2 is 0.857 bits per heavy atom. The number of thiazole rings is 1. The molecule has 0 fully saturated rings. The largest absolute Gasteiger partial charge is 0.448 e. The molecule has 0 saturated heterocycles. The zero-order valence-electron chi connectivity index (χ0n) is 97.8. The fourth-order valence-corrected chi connectivity index (χ4v) is 12.5. The van der Waals surface area contributed by atoms with Gasteiger partial charge < -0.3 is 28.1 Å². The summed E-state index contributed by atoms with van der Waals surface area (Å²) in [5.41, 5.74) is 11.1. The van der Waals surface area contributed by atoms with Crippen molar-refractivity contribution in [2.75, 3.05) is 11.9 Å². The van der Waals surface area contributed by atoms with E-state index in [0.717, 1.165) is 39.5 Å². The highest BCUT2D eigenvalue weighted by molar-refractivity contribution is 7.09. The topological polar surface area (TPSA) is 293 Å². The third-order valence-electron chi connectivity index (χ3n) is 20.4. The van der Waals surface area contributed by atoms with Crippen LogP contribution in [0.1, 0.15) is 380 Å². The van der Waals surface area contributed by atoms with Crippen LogP contribution in [0.3, 0.4) is 0 Å². The lowest BCUT2D eigenvalue weighted by Gasteiger charge is -2.20. The van der Waals surface area contributed by atoms with Gasteiger partial charge in [0.05, 0.1) is 46.0 Å². The first-order chi connectivity index (χ1) is 66.9. The highest BCUT2D eigenvalue weighted by Crippen LogP contribution is 2.40. The van der Waals surface area contributed by atoms with Gasteiger partial charge in [-0.1, -0.05) is 289 Å². The van der Waals surface area contributed by atoms with Crippen LogP contribution in [0, 0.1) is 0 Å². The number of rotatable bonds is 0. The molecular weight excluding hydrogens is 1860 g/mol. The van der Waals surface area contributed by atoms with E-state index >= 15 is 0 Å². The minimum absolute atomic E-state index is 0. The number of pyridine rings is 2. The van der Waals surface area contributed by atoms with E-state index in [4.69, 9.17) is 13.7 Å². The molecule has 0 atom stereocenters. The lowest BCUT2D eigenvalue weighted by molar-refractivity contribution is 0.320. The van der Waals surface area contributed by atoms with Crippen LogP contribution in [-0.2, 0) is 81.7 Å². The molecule has 808 valence electrons. The Kier molecular flexibility index (Phi) is 53.4. The number of aromatic amines is 1. The minimum Gasteiger partial charge on any atom is -0.448 e. The Morgan fingerprint density at radius 1 is 0.347 bits per heavy atom. The average molecular weight is 2050 g/mol. The van der Waals surface area contributed by atoms with Gasteiger partial charge >= 0.3 is 0 Å². The van der Waals surface area contributed by atoms with Crippen LogP contribution in [0.25, 0.3) is 0 Å². The Balaban J connectivity index is 0.000000789. The van der Waals surface area contributed by atoms with Gasteiger partial charge in [0.25, 0.3) is 0 Å². The Hall–Kier alpha value is -12.2. The van der Waals surface area contributed by atoms with Gasteiger partial charge in [0, 0.05) is 166 Å². The molecule has 1 aliphatic rings. The van der Waals surface area contributed by atoms with E-state index in [-0.39, 0.29) is 78.3 Å². The molecule has 0 spiro atoms. The molecule has 1 N–H and O–H groups in total. The number of ether oxygens (including phenoxy) is 1. The molecule has 0 aliphatic carbocycles. The van der Waals surface area contributed by atoms with E-state index in [1.165, 1.54) is 45.1 Å². The van der Waals surface area contributed by atoms with Crippen LogP contribution in [0.15, 0.2) is 279 Å². The van der Waals surface area contributed by atoms with Gasteiger partial charge in [-0.05, 0) is 212 Å². The molecule has 13 aromatic heterocycles. The monoisotopic (exact) mass is 2050 g/mol. The number of imidazole rings is 1. The van der Waals surface area contributed by atoms with Crippen molar-refractivity contribution >= 4 is 28.6 Å². The van der Waals surface area contributed by atoms with Crippen LogP contribution in [-0.4, -0.2) is 116 Å². The third-order valence-corrected chi connectivity index (χ3v) is 22.7. The maximum atomic E-state index is 5.52. The summed E-state index contributed by atoms with van der Waals surface area (Å²) in [6, 6.07) is 36.7. The van der Waals surface area contributed by atoms with Crippen molar-refractivity contribution < 1.29 is 13.7 Å². The molecule has 147 heavy (non-hydrogen) atoms. The summed E-state index contributed by atoms with van der Waals surface area (Å²) >= 11 is 3.19. The van der Waals surface area contributed by atoms with Crippen molar-refractivity contribution in [1.82, 2.24) is 108 Å². The zero-order chi connectivity index (χ0) is 111. The molecular formula is C119H187N23O3S2. The maximum absolute atomic E-state index is 5.52. The van der Waals surface area contributed by atoms with E-state index in [9.17, 15) is 0 Å². The molecule has 0 amide bonds. The van der Waals surface area contributed by atoms with E-state index in [1.807, 2.05) is 163 Å². The Bertz CT molecular complexity index is 4860. The molecule has 0 radical (unpaired) electrons. The van der Waals surface area contributed by atoms with Gasteiger partial charge in [0.2, 0.25) is 5.89 Å². The SMILES string of the molecule is C.C=C1Oc2ccc(C(C)(C)C)cc2N1C.CC(C)(C)c1cc[nH]c1.CC(C)(C)c1ccccc1.CC(C)(C)c1ccccn1.CC(C)(C)c1ccncc1.CC(C)(C)c1ccncn1.CC(C)(C)c1ncccn1.CC(C)(C)c1ncco1.CC(C)(C)c1nccs1.CC(C)(C)c1ncno1.CC(C)(C)c1ncns1.CC(C)(C)n1cccn1.CC(C)(C)n1cccn1.CC(C)(C)n1ccnc1.CC(C)(C)n1ccnn1. The van der Waals surface area contributed by atoms with E-state index in [2.05, 4.69) is 459 Å². The summed E-state index contributed by atoms with van der Waals surface area (Å²) in [6.07, 6.45) is 41.2. The normalized spacial score (nSPS) is 12.0. The number of anilines is 1. The summed E-state index contributed by atoms with van der Waals surface area (Å²) in [7, 11) is 1.97. The van der Waals surface area contributed by atoms with Crippen LogP contribution in [0.4, 0.5) is 5.69 Å². The summed E-state index contributed by atoms with van der Waals surface area (Å²) < 4.78 is 27.1. The van der Waals surface area contributed by atoms with Crippen LogP contribution < -0.4 is 9.64 Å². The minimum atomic E-state index is -0.0174. The number of oxazole rings is 1. The Morgan fingerprint density at radius 3 is 1.13 bits per heavy atom. The number of aromatic nitrogens is 22. The molecule has 15 aromatic rings. The smallest absolute Gasteiger partial charge is 0.231 e. The van der Waals surface area contributed by atoms with E-state index in [0.29, 0.717) is 22.6 Å². The summed E-state index contributed by atoms with van der Waals surface area (Å²) in [5.74, 6) is 3.96. The molecule has 16 rings (SSSR count). The molecule has 28 heteroatoms. The first-order valence-electron chi connectivity index (χ1n) is 49.9. The molecule has 2 aromatic carbocycles. The first-order valence-corrected chi connectivity index (χ1v) is 51.5. The number of fused-ring (bicyclic) bond motifs is 1. The first kappa shape index (κ1) is 133. The van der Waals surface area contributed by atoms with E-state index < -0.39 is 0 Å². The number of nitrogens with zero attached hydrogens (tertiary/aromatic N) is 22. The maximum Gasteiger partial charge on any atom is 0.231 e. The summed E-state index contributed by atoms with van der Waals surface area (Å²) in [4.78, 5) is 49.7. The van der Waals surface area contributed by atoms with Crippen molar-refractivity contribution in [3.05, 3.63) is 331 Å². The van der Waals surface area contributed by atoms with Crippen molar-refractivity contribution in [1.29, 1.82) is 0 Å². The van der Waals surface area contributed by atoms with E-state index in [1.54, 1.807) is 79.8 Å². The second kappa shape index (κ2) is 59.1. The second-order valence-electron chi connectivity index (χ2n) is 50.1. The second-order valence-corrected chi connectivity index (χ2v) is 51.8. The van der Waals surface area contributed by atoms with Gasteiger partial charge in [-0.15, -0.1) is 16.4 Å². The summed E-state index contributed by atoms with van der Waals surface area (Å²) in [5, 5.41) is 23.6. The van der Waals surface area contributed by atoms with Crippen molar-refractivity contribution in [3.63, 3.8) is 0 Å². The third kappa shape index (κ3) is 54.9. The van der Waals surface area contributed by atoms with Gasteiger partial charge in [0.1, 0.15) is 29.7 Å². The van der Waals surface area contributed by atoms with Gasteiger partial charge in [-0.2, -0.15) is 19.6 Å². The Labute approximate surface area is 894 Å². The quantitative estimate of drug-likeness (QED) is 0.147. The van der Waals surface area contributed by atoms with Crippen molar-refractivity contribution in [2.24, 2.45) is 0 Å². The summed E-state index contributed by atoms with van der Waals surface area (Å²) in [6.45, 7) is 100. The fraction of sp³-hybridized carbons (Fsp3) is 0.521. The predicted molar refractivity (Wildman–Crippen MR) is 616 cm³/mol. The number of benzene rings is 2. The molecule has 14 heterocycles. The molecule has 26 nitrogen and oxygen atoms in total. The predicted octanol–water partition coefficient (Wildman–Crippen LogP) is 31.1. The number of nitrogens with one attached hydrogen (secondary N) is 1. The zero-order valence-corrected chi connectivity index (χ0v) is 99.5. The number of H-pyrrole nitrogens is 1. The standard InChI is InChI=1S/C13H17NO.C10H14.2C9H13N.2C8H12N2.C8H13N.3C7H12N2.C7H11NO.C7H11NS.C6H11N3.C6H10N2O.C6H10N2S.CH4/c1-9-14(5)11-8-10(13(2,3)4)6-7-12(11)15-9;1-10(2,3)9-7-5-4-6-8-9;1-9(2,3)8-4-6-10-7-5-8;1-9(2,3)8-6-4-5-7-10-8;1-8(2,3)7-4-5-9-6-10-7;1-8(2,3)7-9-5-4-6-10-7;1-8(2,3)7-4-5-9-6-7;1-7(2,3)9-5-4-8-6-9;2*1-7(2,3)9-6-4-5-8-9;2*1-7(2,3)6-8-4-5-9-6;1-6(2,3)9-5-4-7-8-9;2*1-6(2,3)5-7-4-8-9-5;/h6-8H,1H2,2-5H3;4-8H,1-3H3;2*4-7H,1-3H3;2*4-6H,1-3H3;4-6,9H,1-3H3;3*4-6H,1-3H3;3*4-5H,1-3H3;2*4H,1-3H3;1H4. The number of hydrogen-bond donors (Lipinski definition) is 1. The van der Waals surface area contributed by atoms with Crippen LogP contribution in [0.5, 0.6) is 5.75 Å². The van der Waals surface area contributed by atoms with Gasteiger partial charge in [0.15, 0.2) is 23.9 Å². The fourth-order valence-electron chi connectivity index (χ4n) is 11.2. The molecule has 1 aliphatic heterocycles.